The van der Waals surface area contributed by atoms with Crippen LogP contribution in [0.3, 0.4) is 0 Å². The van der Waals surface area contributed by atoms with Crippen LogP contribution in [-0.4, -0.2) is 41.3 Å². The number of hydrogen-bond donors (Lipinski definition) is 2. The van der Waals surface area contributed by atoms with E-state index in [1.807, 2.05) is 49.5 Å². The molecule has 0 radical (unpaired) electrons. The molecule has 0 heterocycles. The molecule has 6 heteroatoms. The number of hydrogen-bond acceptors (Lipinski definition) is 4. The van der Waals surface area contributed by atoms with Crippen molar-refractivity contribution in [2.45, 2.75) is 25.3 Å². The van der Waals surface area contributed by atoms with Crippen LogP contribution in [0.5, 0.6) is 5.75 Å². The number of carbonyl (C=O) groups is 1. The fourth-order valence-corrected chi connectivity index (χ4v) is 4.80. The van der Waals surface area contributed by atoms with Gasteiger partial charge in [-0.25, -0.2) is 4.79 Å². The van der Waals surface area contributed by atoms with E-state index < -0.39 is 12.6 Å². The van der Waals surface area contributed by atoms with Crippen molar-refractivity contribution in [1.82, 2.24) is 10.2 Å². The topological polar surface area (TPSA) is 61.8 Å². The van der Waals surface area contributed by atoms with Gasteiger partial charge in [-0.1, -0.05) is 72.8 Å². The standard InChI is InChI=1S/C28H30N2O3S/c1-30(18-20-15-16-24-23(17-20)13-8-14-25(24)33-26(32)19-31)28(34)29-27(21-9-4-2-5-10-21)22-11-6-3-7-12-22/h2-14,20,27,31H,15-19H2,1H3,(H,29,34). The van der Waals surface area contributed by atoms with E-state index in [4.69, 9.17) is 22.1 Å². The molecular formula is C28H30N2O3S. The summed E-state index contributed by atoms with van der Waals surface area (Å²) in [6.07, 6.45) is 2.71. The van der Waals surface area contributed by atoms with Gasteiger partial charge >= 0.3 is 5.97 Å². The molecule has 3 aromatic rings. The molecular weight excluding hydrogens is 444 g/mol. The van der Waals surface area contributed by atoms with Crippen molar-refractivity contribution in [1.29, 1.82) is 0 Å². The third-order valence-corrected chi connectivity index (χ3v) is 6.74. The van der Waals surface area contributed by atoms with Crippen molar-refractivity contribution >= 4 is 23.3 Å². The van der Waals surface area contributed by atoms with E-state index >= 15 is 0 Å². The van der Waals surface area contributed by atoms with E-state index in [2.05, 4.69) is 40.5 Å². The Kier molecular flexibility index (Phi) is 7.93. The lowest BCUT2D eigenvalue weighted by Crippen LogP contribution is -2.42. The molecule has 34 heavy (non-hydrogen) atoms. The number of nitrogens with zero attached hydrogens (tertiary/aromatic N) is 1. The average Bonchev–Trinajstić information content (AvgIpc) is 2.88. The van der Waals surface area contributed by atoms with E-state index in [0.29, 0.717) is 16.8 Å². The molecule has 3 aromatic carbocycles. The maximum Gasteiger partial charge on any atom is 0.337 e. The van der Waals surface area contributed by atoms with Gasteiger partial charge in [0, 0.05) is 13.6 Å². The number of benzene rings is 3. The van der Waals surface area contributed by atoms with Crippen LogP contribution in [0.25, 0.3) is 0 Å². The van der Waals surface area contributed by atoms with Crippen LogP contribution in [0, 0.1) is 5.92 Å². The summed E-state index contributed by atoms with van der Waals surface area (Å²) in [7, 11) is 2.04. The number of nitrogens with one attached hydrogen (secondary N) is 1. The van der Waals surface area contributed by atoms with Gasteiger partial charge in [0.15, 0.2) is 5.11 Å². The Bertz CT molecular complexity index is 1080. The second-order valence-electron chi connectivity index (χ2n) is 8.72. The fraction of sp³-hybridized carbons (Fsp3) is 0.286. The summed E-state index contributed by atoms with van der Waals surface area (Å²) >= 11 is 5.81. The van der Waals surface area contributed by atoms with Gasteiger partial charge in [-0.3, -0.25) is 0 Å². The number of ether oxygens (including phenoxy) is 1. The molecule has 1 atom stereocenters. The lowest BCUT2D eigenvalue weighted by molar-refractivity contribution is -0.137. The second kappa shape index (κ2) is 11.3. The first-order chi connectivity index (χ1) is 16.5. The molecule has 0 saturated heterocycles. The van der Waals surface area contributed by atoms with Crippen LogP contribution in [0.1, 0.15) is 34.7 Å². The Labute approximate surface area is 206 Å². The van der Waals surface area contributed by atoms with Gasteiger partial charge in [0.25, 0.3) is 0 Å². The highest BCUT2D eigenvalue weighted by atomic mass is 32.1. The summed E-state index contributed by atoms with van der Waals surface area (Å²) in [6.45, 7) is 0.219. The van der Waals surface area contributed by atoms with Crippen molar-refractivity contribution < 1.29 is 14.6 Å². The average molecular weight is 475 g/mol. The largest absolute Gasteiger partial charge is 0.425 e. The van der Waals surface area contributed by atoms with Gasteiger partial charge in [-0.15, -0.1) is 0 Å². The summed E-state index contributed by atoms with van der Waals surface area (Å²) in [5.74, 6) is 0.375. The zero-order valence-corrected chi connectivity index (χ0v) is 20.1. The third-order valence-electron chi connectivity index (χ3n) is 6.31. The molecule has 0 amide bonds. The SMILES string of the molecule is CN(CC1CCc2c(cccc2OC(=O)CO)C1)C(=S)NC(c1ccccc1)c1ccccc1. The number of aliphatic hydroxyl groups excluding tert-OH is 1. The summed E-state index contributed by atoms with van der Waals surface area (Å²) in [5, 5.41) is 13.3. The lowest BCUT2D eigenvalue weighted by Gasteiger charge is -2.32. The highest BCUT2D eigenvalue weighted by Crippen LogP contribution is 2.33. The first-order valence-corrected chi connectivity index (χ1v) is 12.0. The maximum absolute atomic E-state index is 11.5. The van der Waals surface area contributed by atoms with Crippen LogP contribution in [0.4, 0.5) is 0 Å². The minimum atomic E-state index is -0.627. The van der Waals surface area contributed by atoms with Crippen molar-refractivity contribution in [2.24, 2.45) is 5.92 Å². The van der Waals surface area contributed by atoms with Crippen molar-refractivity contribution in [3.8, 4) is 5.75 Å². The molecule has 0 spiro atoms. The molecule has 1 aliphatic carbocycles. The first kappa shape index (κ1) is 23.9. The number of carbonyl (C=O) groups excluding carboxylic acids is 1. The van der Waals surface area contributed by atoms with E-state index in [1.54, 1.807) is 6.07 Å². The molecule has 4 rings (SSSR count). The summed E-state index contributed by atoms with van der Waals surface area (Å²) in [4.78, 5) is 13.7. The maximum atomic E-state index is 11.5. The molecule has 176 valence electrons. The molecule has 1 aliphatic rings. The predicted molar refractivity (Wildman–Crippen MR) is 138 cm³/mol. The Morgan fingerprint density at radius 3 is 2.32 bits per heavy atom. The van der Waals surface area contributed by atoms with Crippen LogP contribution in [0.15, 0.2) is 78.9 Å². The van der Waals surface area contributed by atoms with E-state index in [9.17, 15) is 4.79 Å². The van der Waals surface area contributed by atoms with Crippen molar-refractivity contribution in [3.05, 3.63) is 101 Å². The Morgan fingerprint density at radius 2 is 1.71 bits per heavy atom. The van der Waals surface area contributed by atoms with Gasteiger partial charge in [0.05, 0.1) is 6.04 Å². The van der Waals surface area contributed by atoms with E-state index in [0.717, 1.165) is 31.4 Å². The molecule has 0 bridgehead atoms. The highest BCUT2D eigenvalue weighted by Gasteiger charge is 2.25. The number of aliphatic hydroxyl groups is 1. The highest BCUT2D eigenvalue weighted by molar-refractivity contribution is 7.80. The van der Waals surface area contributed by atoms with Gasteiger partial charge in [0.1, 0.15) is 12.4 Å². The van der Waals surface area contributed by atoms with Crippen molar-refractivity contribution in [2.75, 3.05) is 20.2 Å². The molecule has 0 aromatic heterocycles. The van der Waals surface area contributed by atoms with Crippen LogP contribution in [-0.2, 0) is 17.6 Å². The number of rotatable bonds is 7. The number of thiocarbonyl (C=S) groups is 1. The third kappa shape index (κ3) is 5.82. The molecule has 0 saturated carbocycles. The van der Waals surface area contributed by atoms with Crippen LogP contribution < -0.4 is 10.1 Å². The Balaban J connectivity index is 1.42. The van der Waals surface area contributed by atoms with Crippen molar-refractivity contribution in [3.63, 3.8) is 0 Å². The minimum Gasteiger partial charge on any atom is -0.425 e. The van der Waals surface area contributed by atoms with E-state index in [1.165, 1.54) is 16.7 Å². The number of esters is 1. The zero-order chi connectivity index (χ0) is 23.9. The normalized spacial score (nSPS) is 14.9. The number of fused-ring (bicyclic) bond motifs is 1. The Morgan fingerprint density at radius 1 is 1.06 bits per heavy atom. The van der Waals surface area contributed by atoms with Gasteiger partial charge in [0.2, 0.25) is 0 Å². The molecule has 1 unspecified atom stereocenters. The molecule has 2 N–H and O–H groups in total. The predicted octanol–water partition coefficient (Wildman–Crippen LogP) is 4.29. The summed E-state index contributed by atoms with van der Waals surface area (Å²) < 4.78 is 5.31. The smallest absolute Gasteiger partial charge is 0.337 e. The fourth-order valence-electron chi connectivity index (χ4n) is 4.61. The molecule has 5 nitrogen and oxygen atoms in total. The first-order valence-electron chi connectivity index (χ1n) is 11.6. The Hall–Kier alpha value is -3.22. The monoisotopic (exact) mass is 474 g/mol. The molecule has 0 fully saturated rings. The van der Waals surface area contributed by atoms with Crippen LogP contribution in [0.2, 0.25) is 0 Å². The van der Waals surface area contributed by atoms with Crippen LogP contribution >= 0.6 is 12.2 Å². The quantitative estimate of drug-likeness (QED) is 0.303. The summed E-state index contributed by atoms with van der Waals surface area (Å²) in [6, 6.07) is 26.5. The zero-order valence-electron chi connectivity index (χ0n) is 19.3. The lowest BCUT2D eigenvalue weighted by atomic mass is 9.83. The van der Waals surface area contributed by atoms with Gasteiger partial charge < -0.3 is 20.1 Å². The van der Waals surface area contributed by atoms with E-state index in [-0.39, 0.29) is 6.04 Å². The minimum absolute atomic E-state index is 0.0202. The van der Waals surface area contributed by atoms with Gasteiger partial charge in [-0.05, 0) is 65.7 Å². The molecule has 0 aliphatic heterocycles. The van der Waals surface area contributed by atoms with Gasteiger partial charge in [-0.2, -0.15) is 0 Å². The summed E-state index contributed by atoms with van der Waals surface area (Å²) in [5.41, 5.74) is 4.59. The second-order valence-corrected chi connectivity index (χ2v) is 9.11.